The first kappa shape index (κ1) is 15.5. The lowest BCUT2D eigenvalue weighted by Gasteiger charge is -2.32. The molecule has 1 aromatic carbocycles. The molecule has 2 aliphatic rings. The predicted octanol–water partition coefficient (Wildman–Crippen LogP) is 4.98. The molecular formula is C16H18Cl3NO. The second kappa shape index (κ2) is 5.04. The van der Waals surface area contributed by atoms with Gasteiger partial charge in [0.05, 0.1) is 11.5 Å². The normalized spacial score (nSPS) is 28.0. The molecule has 0 aromatic heterocycles. The Morgan fingerprint density at radius 2 is 1.81 bits per heavy atom. The molecule has 0 aliphatic heterocycles. The Morgan fingerprint density at radius 1 is 1.29 bits per heavy atom. The smallest absolute Gasteiger partial charge is 0.232 e. The number of hydrogen-bond acceptors (Lipinski definition) is 1. The van der Waals surface area contributed by atoms with Gasteiger partial charge in [0.25, 0.3) is 0 Å². The largest absolute Gasteiger partial charge is 0.332 e. The summed E-state index contributed by atoms with van der Waals surface area (Å²) in [5.74, 6) is 0.0671. The highest BCUT2D eigenvalue weighted by Crippen LogP contribution is 2.65. The number of carbonyl (C=O) groups is 1. The Kier molecular flexibility index (Phi) is 3.71. The van der Waals surface area contributed by atoms with Gasteiger partial charge in [0, 0.05) is 11.1 Å². The fourth-order valence-corrected chi connectivity index (χ4v) is 3.65. The Balaban J connectivity index is 1.85. The van der Waals surface area contributed by atoms with E-state index >= 15 is 0 Å². The Labute approximate surface area is 140 Å². The van der Waals surface area contributed by atoms with Gasteiger partial charge >= 0.3 is 0 Å². The number of rotatable bonds is 4. The van der Waals surface area contributed by atoms with Gasteiger partial charge in [-0.2, -0.15) is 0 Å². The number of hydrogen-bond donors (Lipinski definition) is 0. The molecule has 21 heavy (non-hydrogen) atoms. The number of carbonyl (C=O) groups excluding carboxylic acids is 1. The molecular weight excluding hydrogens is 329 g/mol. The summed E-state index contributed by atoms with van der Waals surface area (Å²) in [5.41, 5.74) is 0.429. The number of halogens is 3. The van der Waals surface area contributed by atoms with E-state index in [-0.39, 0.29) is 11.9 Å². The van der Waals surface area contributed by atoms with Crippen molar-refractivity contribution in [2.45, 2.75) is 49.5 Å². The minimum Gasteiger partial charge on any atom is -0.332 e. The van der Waals surface area contributed by atoms with E-state index in [0.717, 1.165) is 18.4 Å². The maximum atomic E-state index is 12.9. The van der Waals surface area contributed by atoms with Gasteiger partial charge in [-0.3, -0.25) is 4.79 Å². The summed E-state index contributed by atoms with van der Waals surface area (Å²) in [6.45, 7) is 3.91. The molecule has 2 fully saturated rings. The molecule has 1 amide bonds. The van der Waals surface area contributed by atoms with Crippen molar-refractivity contribution in [3.63, 3.8) is 0 Å². The van der Waals surface area contributed by atoms with Crippen LogP contribution in [0.2, 0.25) is 5.02 Å². The van der Waals surface area contributed by atoms with Crippen molar-refractivity contribution in [1.82, 2.24) is 4.90 Å². The average molecular weight is 347 g/mol. The van der Waals surface area contributed by atoms with Crippen LogP contribution in [0.3, 0.4) is 0 Å². The van der Waals surface area contributed by atoms with E-state index in [9.17, 15) is 4.79 Å². The van der Waals surface area contributed by atoms with E-state index in [1.165, 1.54) is 0 Å². The summed E-state index contributed by atoms with van der Waals surface area (Å²) in [6.07, 6.45) is 2.63. The van der Waals surface area contributed by atoms with Crippen molar-refractivity contribution < 1.29 is 4.79 Å². The second-order valence-corrected chi connectivity index (χ2v) is 8.30. The van der Waals surface area contributed by atoms with Crippen LogP contribution in [0.1, 0.15) is 44.7 Å². The minimum atomic E-state index is -0.920. The number of amides is 1. The summed E-state index contributed by atoms with van der Waals surface area (Å²) < 4.78 is -0.920. The first-order valence-electron chi connectivity index (χ1n) is 7.22. The number of alkyl halides is 2. The summed E-state index contributed by atoms with van der Waals surface area (Å²) in [7, 11) is 0. The van der Waals surface area contributed by atoms with Crippen LogP contribution in [-0.4, -0.2) is 21.2 Å². The van der Waals surface area contributed by atoms with Gasteiger partial charge in [-0.25, -0.2) is 0 Å². The van der Waals surface area contributed by atoms with Crippen LogP contribution in [0, 0.1) is 5.41 Å². The van der Waals surface area contributed by atoms with Crippen molar-refractivity contribution in [2.24, 2.45) is 5.41 Å². The van der Waals surface area contributed by atoms with Gasteiger partial charge in [-0.1, -0.05) is 23.7 Å². The molecule has 0 saturated heterocycles. The highest BCUT2D eigenvalue weighted by Gasteiger charge is 2.69. The van der Waals surface area contributed by atoms with E-state index in [0.29, 0.717) is 17.5 Å². The molecule has 2 aliphatic carbocycles. The molecule has 2 nitrogen and oxygen atoms in total. The molecule has 0 bridgehead atoms. The third kappa shape index (κ3) is 2.67. The van der Waals surface area contributed by atoms with Crippen LogP contribution in [-0.2, 0) is 4.79 Å². The van der Waals surface area contributed by atoms with E-state index in [2.05, 4.69) is 6.92 Å². The lowest BCUT2D eigenvalue weighted by atomic mass is 10.0. The summed E-state index contributed by atoms with van der Waals surface area (Å²) in [6, 6.07) is 7.97. The van der Waals surface area contributed by atoms with Crippen molar-refractivity contribution in [2.75, 3.05) is 0 Å². The van der Waals surface area contributed by atoms with Crippen LogP contribution in [0.25, 0.3) is 0 Å². The third-order valence-corrected chi connectivity index (χ3v) is 6.03. The predicted molar refractivity (Wildman–Crippen MR) is 86.9 cm³/mol. The molecule has 2 unspecified atom stereocenters. The minimum absolute atomic E-state index is 0.00354. The lowest BCUT2D eigenvalue weighted by Crippen LogP contribution is -2.41. The van der Waals surface area contributed by atoms with Crippen molar-refractivity contribution in [3.8, 4) is 0 Å². The Hall–Kier alpha value is -0.440. The van der Waals surface area contributed by atoms with Crippen molar-refractivity contribution >= 4 is 40.7 Å². The average Bonchev–Trinajstić information content (AvgIpc) is 3.30. The first-order chi connectivity index (χ1) is 9.76. The van der Waals surface area contributed by atoms with Crippen LogP contribution >= 0.6 is 34.8 Å². The molecule has 2 saturated carbocycles. The second-order valence-electron chi connectivity index (χ2n) is 6.38. The highest BCUT2D eigenvalue weighted by atomic mass is 35.5. The van der Waals surface area contributed by atoms with Gasteiger partial charge in [-0.15, -0.1) is 23.2 Å². The Bertz CT molecular complexity index is 567. The standard InChI is InChI=1S/C16H18Cl3NO/c1-10(11-3-5-12(17)6-4-11)20(13-7-8-13)14(21)15(2)9-16(15,18)19/h3-6,10,13H,7-9H2,1-2H3. The lowest BCUT2D eigenvalue weighted by molar-refractivity contribution is -0.139. The fourth-order valence-electron chi connectivity index (χ4n) is 2.83. The van der Waals surface area contributed by atoms with Gasteiger partial charge in [0.1, 0.15) is 4.33 Å². The van der Waals surface area contributed by atoms with Gasteiger partial charge < -0.3 is 4.90 Å². The highest BCUT2D eigenvalue weighted by molar-refractivity contribution is 6.53. The molecule has 114 valence electrons. The zero-order valence-electron chi connectivity index (χ0n) is 12.1. The van der Waals surface area contributed by atoms with Gasteiger partial charge in [0.15, 0.2) is 0 Å². The van der Waals surface area contributed by atoms with Crippen LogP contribution < -0.4 is 0 Å². The van der Waals surface area contributed by atoms with Crippen LogP contribution in [0.4, 0.5) is 0 Å². The summed E-state index contributed by atoms with van der Waals surface area (Å²) in [5, 5.41) is 0.699. The molecule has 1 aromatic rings. The zero-order chi connectivity index (χ0) is 15.4. The van der Waals surface area contributed by atoms with Crippen molar-refractivity contribution in [3.05, 3.63) is 34.9 Å². The quantitative estimate of drug-likeness (QED) is 0.704. The molecule has 0 spiro atoms. The molecule has 0 N–H and O–H groups in total. The van der Waals surface area contributed by atoms with E-state index in [1.807, 2.05) is 36.1 Å². The molecule has 2 atom stereocenters. The molecule has 0 heterocycles. The fraction of sp³-hybridized carbons (Fsp3) is 0.562. The van der Waals surface area contributed by atoms with Crippen LogP contribution in [0.15, 0.2) is 24.3 Å². The summed E-state index contributed by atoms with van der Waals surface area (Å²) >= 11 is 18.3. The van der Waals surface area contributed by atoms with E-state index < -0.39 is 9.75 Å². The molecule has 0 radical (unpaired) electrons. The number of benzene rings is 1. The van der Waals surface area contributed by atoms with E-state index in [1.54, 1.807) is 0 Å². The monoisotopic (exact) mass is 345 g/mol. The van der Waals surface area contributed by atoms with Gasteiger partial charge in [0.2, 0.25) is 5.91 Å². The molecule has 5 heteroatoms. The van der Waals surface area contributed by atoms with Crippen molar-refractivity contribution in [1.29, 1.82) is 0 Å². The van der Waals surface area contributed by atoms with Crippen LogP contribution in [0.5, 0.6) is 0 Å². The maximum Gasteiger partial charge on any atom is 0.232 e. The molecule has 3 rings (SSSR count). The topological polar surface area (TPSA) is 20.3 Å². The SMILES string of the molecule is CC(c1ccc(Cl)cc1)N(C(=O)C1(C)CC1(Cl)Cl)C1CC1. The maximum absolute atomic E-state index is 12.9. The van der Waals surface area contributed by atoms with Gasteiger partial charge in [-0.05, 0) is 50.8 Å². The summed E-state index contributed by atoms with van der Waals surface area (Å²) in [4.78, 5) is 14.9. The van der Waals surface area contributed by atoms with E-state index in [4.69, 9.17) is 34.8 Å². The zero-order valence-corrected chi connectivity index (χ0v) is 14.3. The number of nitrogens with zero attached hydrogens (tertiary/aromatic N) is 1. The Morgan fingerprint density at radius 3 is 2.24 bits per heavy atom. The third-order valence-electron chi connectivity index (χ3n) is 4.67. The first-order valence-corrected chi connectivity index (χ1v) is 8.36.